The predicted molar refractivity (Wildman–Crippen MR) is 65.2 cm³/mol. The van der Waals surface area contributed by atoms with Gasteiger partial charge in [0.05, 0.1) is 18.9 Å². The lowest BCUT2D eigenvalue weighted by Gasteiger charge is -2.14. The van der Waals surface area contributed by atoms with Crippen LogP contribution in [0.4, 0.5) is 10.5 Å². The van der Waals surface area contributed by atoms with Crippen LogP contribution in [0.5, 0.6) is 0 Å². The molecule has 100 valence electrons. The molecule has 0 bridgehead atoms. The van der Waals surface area contributed by atoms with Crippen LogP contribution in [0.2, 0.25) is 0 Å². The summed E-state index contributed by atoms with van der Waals surface area (Å²) in [5, 5.41) is 9.48. The highest BCUT2D eigenvalue weighted by molar-refractivity contribution is 7.91. The van der Waals surface area contributed by atoms with Crippen molar-refractivity contribution in [2.24, 2.45) is 0 Å². The molecule has 1 atom stereocenters. The molecule has 18 heavy (non-hydrogen) atoms. The molecule has 1 rings (SSSR count). The number of ether oxygens (including phenoxy) is 1. The Balaban J connectivity index is 2.94. The highest BCUT2D eigenvalue weighted by Gasteiger charge is 2.17. The maximum atomic E-state index is 11.5. The first-order valence-corrected chi connectivity index (χ1v) is 6.49. The fourth-order valence-electron chi connectivity index (χ4n) is 1.28. The second-order valence-corrected chi connectivity index (χ2v) is 4.88. The zero-order chi connectivity index (χ0) is 13.8. The summed E-state index contributed by atoms with van der Waals surface area (Å²) in [5.41, 5.74) is 0.580. The third kappa shape index (κ3) is 3.90. The zero-order valence-electron chi connectivity index (χ0n) is 9.88. The first-order valence-electron chi connectivity index (χ1n) is 5.01. The van der Waals surface area contributed by atoms with Crippen LogP contribution in [-0.4, -0.2) is 26.7 Å². The van der Waals surface area contributed by atoms with E-state index in [1.807, 2.05) is 0 Å². The van der Waals surface area contributed by atoms with Crippen molar-refractivity contribution in [1.82, 2.24) is 4.72 Å². The van der Waals surface area contributed by atoms with E-state index in [-0.39, 0.29) is 5.69 Å². The lowest BCUT2D eigenvalue weighted by Crippen LogP contribution is -2.35. The molecule has 1 aromatic rings. The van der Waals surface area contributed by atoms with E-state index in [1.165, 1.54) is 13.0 Å². The lowest BCUT2D eigenvalue weighted by atomic mass is 10.1. The highest BCUT2D eigenvalue weighted by atomic mass is 32.2. The van der Waals surface area contributed by atoms with Crippen LogP contribution in [0.3, 0.4) is 0 Å². The summed E-state index contributed by atoms with van der Waals surface area (Å²) in [4.78, 5) is 10.8. The van der Waals surface area contributed by atoms with Crippen LogP contribution in [0.25, 0.3) is 0 Å². The molecule has 0 saturated heterocycles. The van der Waals surface area contributed by atoms with Crippen LogP contribution in [-0.2, 0) is 14.9 Å². The molecule has 1 aromatic carbocycles. The van der Waals surface area contributed by atoms with Crippen LogP contribution in [0, 0.1) is 0 Å². The standard InChI is InChI=1S/C10H14N2O5S/c1-7(13)8-5-3-4-6-9(8)11-18(15,16)12-10(14)17-2/h3-7,11,13H,1-2H3,(H,12,14). The molecule has 7 nitrogen and oxygen atoms in total. The fraction of sp³-hybridized carbons (Fsp3) is 0.300. The molecule has 1 amide bonds. The van der Waals surface area contributed by atoms with Gasteiger partial charge in [0.2, 0.25) is 0 Å². The number of benzene rings is 1. The molecule has 0 aliphatic rings. The average molecular weight is 274 g/mol. The third-order valence-corrected chi connectivity index (χ3v) is 2.98. The van der Waals surface area contributed by atoms with Crippen molar-refractivity contribution in [3.05, 3.63) is 29.8 Å². The van der Waals surface area contributed by atoms with Crippen molar-refractivity contribution in [2.75, 3.05) is 11.8 Å². The zero-order valence-corrected chi connectivity index (χ0v) is 10.7. The predicted octanol–water partition coefficient (Wildman–Crippen LogP) is 0.753. The largest absolute Gasteiger partial charge is 0.452 e. The van der Waals surface area contributed by atoms with E-state index in [2.05, 4.69) is 9.46 Å². The summed E-state index contributed by atoms with van der Waals surface area (Å²) < 4.78 is 31.0. The molecule has 8 heteroatoms. The Bertz CT molecular complexity index is 527. The second-order valence-electron chi connectivity index (χ2n) is 3.46. The van der Waals surface area contributed by atoms with Gasteiger partial charge in [0.15, 0.2) is 0 Å². The summed E-state index contributed by atoms with van der Waals surface area (Å²) in [6.45, 7) is 1.50. The van der Waals surface area contributed by atoms with E-state index in [9.17, 15) is 18.3 Å². The number of rotatable bonds is 4. The molecule has 0 spiro atoms. The van der Waals surface area contributed by atoms with Gasteiger partial charge in [-0.1, -0.05) is 18.2 Å². The van der Waals surface area contributed by atoms with Crippen LogP contribution in [0.15, 0.2) is 24.3 Å². The Morgan fingerprint density at radius 2 is 2.00 bits per heavy atom. The third-order valence-electron chi connectivity index (χ3n) is 2.06. The van der Waals surface area contributed by atoms with Crippen LogP contribution < -0.4 is 9.44 Å². The maximum absolute atomic E-state index is 11.5. The summed E-state index contributed by atoms with van der Waals surface area (Å²) >= 11 is 0. The highest BCUT2D eigenvalue weighted by Crippen LogP contribution is 2.22. The first-order chi connectivity index (χ1) is 8.35. The van der Waals surface area contributed by atoms with Gasteiger partial charge in [0.1, 0.15) is 0 Å². The molecule has 0 saturated carbocycles. The minimum atomic E-state index is -4.09. The van der Waals surface area contributed by atoms with Gasteiger partial charge in [-0.15, -0.1) is 0 Å². The SMILES string of the molecule is COC(=O)NS(=O)(=O)Nc1ccccc1C(C)O. The van der Waals surface area contributed by atoms with Gasteiger partial charge < -0.3 is 9.84 Å². The number of methoxy groups -OCH3 is 1. The van der Waals surface area contributed by atoms with Crippen LogP contribution in [0.1, 0.15) is 18.6 Å². The Kier molecular flexibility index (Phi) is 4.51. The van der Waals surface area contributed by atoms with Gasteiger partial charge in [-0.2, -0.15) is 8.42 Å². The number of carbonyl (C=O) groups excluding carboxylic acids is 1. The number of aliphatic hydroxyl groups is 1. The van der Waals surface area contributed by atoms with Gasteiger partial charge in [-0.3, -0.25) is 4.72 Å². The van der Waals surface area contributed by atoms with E-state index in [1.54, 1.807) is 22.9 Å². The molecule has 0 aliphatic carbocycles. The summed E-state index contributed by atoms with van der Waals surface area (Å²) in [6, 6.07) is 6.30. The number of nitrogens with one attached hydrogen (secondary N) is 2. The minimum Gasteiger partial charge on any atom is -0.452 e. The quantitative estimate of drug-likeness (QED) is 0.751. The molecular formula is C10H14N2O5S. The number of carbonyl (C=O) groups is 1. The first kappa shape index (κ1) is 14.3. The Labute approximate surface area is 105 Å². The average Bonchev–Trinajstić information content (AvgIpc) is 2.28. The van der Waals surface area contributed by atoms with Crippen molar-refractivity contribution in [3.63, 3.8) is 0 Å². The van der Waals surface area contributed by atoms with E-state index in [0.717, 1.165) is 7.11 Å². The Hall–Kier alpha value is -1.80. The molecule has 0 radical (unpaired) electrons. The van der Waals surface area contributed by atoms with E-state index in [0.29, 0.717) is 5.56 Å². The number of hydrogen-bond acceptors (Lipinski definition) is 5. The Morgan fingerprint density at radius 3 is 2.56 bits per heavy atom. The smallest absolute Gasteiger partial charge is 0.422 e. The fourth-order valence-corrected chi connectivity index (χ4v) is 2.11. The Morgan fingerprint density at radius 1 is 1.39 bits per heavy atom. The molecule has 0 heterocycles. The molecule has 3 N–H and O–H groups in total. The van der Waals surface area contributed by atoms with Gasteiger partial charge in [-0.25, -0.2) is 9.52 Å². The monoisotopic (exact) mass is 274 g/mol. The molecule has 0 aliphatic heterocycles. The lowest BCUT2D eigenvalue weighted by molar-refractivity contribution is 0.177. The number of aliphatic hydroxyl groups excluding tert-OH is 1. The van der Waals surface area contributed by atoms with Gasteiger partial charge in [0.25, 0.3) is 0 Å². The normalized spacial score (nSPS) is 12.6. The van der Waals surface area contributed by atoms with Gasteiger partial charge in [-0.05, 0) is 13.0 Å². The van der Waals surface area contributed by atoms with Crippen molar-refractivity contribution in [3.8, 4) is 0 Å². The van der Waals surface area contributed by atoms with Crippen molar-refractivity contribution in [1.29, 1.82) is 0 Å². The maximum Gasteiger partial charge on any atom is 0.422 e. The number of anilines is 1. The minimum absolute atomic E-state index is 0.184. The molecular weight excluding hydrogens is 260 g/mol. The number of hydrogen-bond donors (Lipinski definition) is 3. The van der Waals surface area contributed by atoms with E-state index < -0.39 is 22.4 Å². The van der Waals surface area contributed by atoms with Gasteiger partial charge >= 0.3 is 16.3 Å². The number of amides is 1. The number of para-hydroxylation sites is 1. The summed E-state index contributed by atoms with van der Waals surface area (Å²) in [6.07, 6.45) is -1.95. The summed E-state index contributed by atoms with van der Waals surface area (Å²) in [7, 11) is -3.04. The molecule has 1 unspecified atom stereocenters. The molecule has 0 fully saturated rings. The van der Waals surface area contributed by atoms with Crippen molar-refractivity contribution in [2.45, 2.75) is 13.0 Å². The topological polar surface area (TPSA) is 105 Å². The summed E-state index contributed by atoms with van der Waals surface area (Å²) in [5.74, 6) is 0. The second kappa shape index (κ2) is 5.69. The van der Waals surface area contributed by atoms with Crippen molar-refractivity contribution >= 4 is 22.0 Å². The molecule has 0 aromatic heterocycles. The van der Waals surface area contributed by atoms with E-state index >= 15 is 0 Å². The van der Waals surface area contributed by atoms with Gasteiger partial charge in [0, 0.05) is 5.56 Å². The van der Waals surface area contributed by atoms with Crippen molar-refractivity contribution < 1.29 is 23.1 Å². The van der Waals surface area contributed by atoms with Crippen LogP contribution >= 0.6 is 0 Å². The van der Waals surface area contributed by atoms with E-state index in [4.69, 9.17) is 0 Å².